The minimum Gasteiger partial charge on any atom is -0.493 e. The van der Waals surface area contributed by atoms with Gasteiger partial charge in [0.2, 0.25) is 11.0 Å². The van der Waals surface area contributed by atoms with Gasteiger partial charge in [0.1, 0.15) is 0 Å². The standard InChI is InChI=1S/C17H23N5OS/c1-11-8-13-14(9-12(11)2)22(10-21-6-4-3-5-7-21)16(23)15(13)19-20-17(18)24/h8-9,23H,3-7,10H2,1-2H3,(H2,18,24). The Hall–Kier alpha value is -1.99. The zero-order valence-electron chi connectivity index (χ0n) is 14.1. The Morgan fingerprint density at radius 2 is 1.88 bits per heavy atom. The molecular weight excluding hydrogens is 322 g/mol. The van der Waals surface area contributed by atoms with Crippen LogP contribution in [0.25, 0.3) is 10.9 Å². The van der Waals surface area contributed by atoms with Crippen LogP contribution in [0.5, 0.6) is 5.88 Å². The monoisotopic (exact) mass is 345 g/mol. The molecule has 1 saturated heterocycles. The van der Waals surface area contributed by atoms with Gasteiger partial charge >= 0.3 is 0 Å². The molecule has 0 spiro atoms. The van der Waals surface area contributed by atoms with Crippen molar-refractivity contribution in [3.05, 3.63) is 23.3 Å². The zero-order valence-corrected chi connectivity index (χ0v) is 14.9. The number of thiocarbonyl (C=S) groups is 1. The number of aryl methyl sites for hydroxylation is 2. The molecule has 1 fully saturated rings. The molecule has 0 radical (unpaired) electrons. The van der Waals surface area contributed by atoms with E-state index in [0.717, 1.165) is 29.6 Å². The zero-order chi connectivity index (χ0) is 17.3. The van der Waals surface area contributed by atoms with E-state index in [-0.39, 0.29) is 11.0 Å². The number of piperidine rings is 1. The maximum Gasteiger partial charge on any atom is 0.221 e. The van der Waals surface area contributed by atoms with Gasteiger partial charge in [-0.2, -0.15) is 0 Å². The lowest BCUT2D eigenvalue weighted by Crippen LogP contribution is -2.31. The number of fused-ring (bicyclic) bond motifs is 1. The Balaban J connectivity index is 2.10. The Kier molecular flexibility index (Phi) is 4.82. The van der Waals surface area contributed by atoms with Crippen molar-refractivity contribution in [3.8, 4) is 5.88 Å². The molecule has 0 saturated carbocycles. The van der Waals surface area contributed by atoms with Crippen LogP contribution >= 0.6 is 12.2 Å². The van der Waals surface area contributed by atoms with Crippen molar-refractivity contribution < 1.29 is 5.11 Å². The fraction of sp³-hybridized carbons (Fsp3) is 0.471. The van der Waals surface area contributed by atoms with Crippen LogP contribution in [0.2, 0.25) is 0 Å². The molecule has 1 aliphatic heterocycles. The highest BCUT2D eigenvalue weighted by Gasteiger charge is 2.20. The van der Waals surface area contributed by atoms with Gasteiger partial charge in [-0.15, -0.1) is 10.2 Å². The van der Waals surface area contributed by atoms with E-state index in [9.17, 15) is 5.11 Å². The summed E-state index contributed by atoms with van der Waals surface area (Å²) < 4.78 is 1.90. The van der Waals surface area contributed by atoms with Crippen LogP contribution in [0.1, 0.15) is 30.4 Å². The molecule has 0 bridgehead atoms. The van der Waals surface area contributed by atoms with Crippen LogP contribution in [0.3, 0.4) is 0 Å². The summed E-state index contributed by atoms with van der Waals surface area (Å²) in [5, 5.41) is 19.4. The van der Waals surface area contributed by atoms with Gasteiger partial charge in [0.25, 0.3) is 0 Å². The van der Waals surface area contributed by atoms with Crippen molar-refractivity contribution >= 4 is 33.9 Å². The number of hydrogen-bond donors (Lipinski definition) is 2. The summed E-state index contributed by atoms with van der Waals surface area (Å²) in [7, 11) is 0. The highest BCUT2D eigenvalue weighted by molar-refractivity contribution is 7.80. The lowest BCUT2D eigenvalue weighted by Gasteiger charge is -2.27. The lowest BCUT2D eigenvalue weighted by molar-refractivity contribution is 0.178. The fourth-order valence-electron chi connectivity index (χ4n) is 3.22. The third-order valence-electron chi connectivity index (χ3n) is 4.66. The maximum atomic E-state index is 10.7. The van der Waals surface area contributed by atoms with Gasteiger partial charge in [-0.05, 0) is 75.3 Å². The average Bonchev–Trinajstić information content (AvgIpc) is 2.79. The van der Waals surface area contributed by atoms with Crippen LogP contribution in [0, 0.1) is 13.8 Å². The molecule has 0 atom stereocenters. The van der Waals surface area contributed by atoms with E-state index in [0.29, 0.717) is 12.4 Å². The second-order valence-electron chi connectivity index (χ2n) is 6.41. The second kappa shape index (κ2) is 6.86. The van der Waals surface area contributed by atoms with Crippen molar-refractivity contribution in [1.29, 1.82) is 0 Å². The molecule has 2 heterocycles. The average molecular weight is 345 g/mol. The molecule has 6 nitrogen and oxygen atoms in total. The smallest absolute Gasteiger partial charge is 0.221 e. The van der Waals surface area contributed by atoms with Gasteiger partial charge in [-0.3, -0.25) is 9.47 Å². The third-order valence-corrected chi connectivity index (χ3v) is 4.75. The van der Waals surface area contributed by atoms with Crippen molar-refractivity contribution in [2.24, 2.45) is 16.0 Å². The second-order valence-corrected chi connectivity index (χ2v) is 6.83. The first-order valence-corrected chi connectivity index (χ1v) is 8.64. The molecule has 24 heavy (non-hydrogen) atoms. The maximum absolute atomic E-state index is 10.7. The van der Waals surface area contributed by atoms with E-state index in [1.807, 2.05) is 17.6 Å². The summed E-state index contributed by atoms with van der Waals surface area (Å²) in [5.74, 6) is 0.112. The molecule has 1 aromatic heterocycles. The first kappa shape index (κ1) is 16.9. The summed E-state index contributed by atoms with van der Waals surface area (Å²) in [6.07, 6.45) is 3.68. The Bertz CT molecular complexity index is 805. The molecule has 3 rings (SSSR count). The summed E-state index contributed by atoms with van der Waals surface area (Å²) >= 11 is 4.77. The molecule has 3 N–H and O–H groups in total. The minimum atomic E-state index is -0.0461. The van der Waals surface area contributed by atoms with E-state index >= 15 is 0 Å². The molecule has 128 valence electrons. The highest BCUT2D eigenvalue weighted by Crippen LogP contribution is 2.40. The van der Waals surface area contributed by atoms with Gasteiger partial charge in [0, 0.05) is 5.39 Å². The molecule has 7 heteroatoms. The fourth-order valence-corrected chi connectivity index (χ4v) is 3.26. The highest BCUT2D eigenvalue weighted by atomic mass is 32.1. The molecule has 0 amide bonds. The van der Waals surface area contributed by atoms with Crippen LogP contribution < -0.4 is 5.73 Å². The number of nitrogens with zero attached hydrogens (tertiary/aromatic N) is 4. The van der Waals surface area contributed by atoms with Crippen LogP contribution in [0.15, 0.2) is 22.4 Å². The minimum absolute atomic E-state index is 0.0461. The summed E-state index contributed by atoms with van der Waals surface area (Å²) in [5.41, 5.74) is 9.13. The molecular formula is C17H23N5OS. The first-order chi connectivity index (χ1) is 11.5. The predicted octanol–water partition coefficient (Wildman–Crippen LogP) is 3.73. The number of rotatable bonds is 3. The summed E-state index contributed by atoms with van der Waals surface area (Å²) in [6.45, 7) is 6.86. The number of benzene rings is 1. The largest absolute Gasteiger partial charge is 0.493 e. The Morgan fingerprint density at radius 3 is 2.54 bits per heavy atom. The van der Waals surface area contributed by atoms with E-state index in [1.165, 1.54) is 24.8 Å². The molecule has 0 aliphatic carbocycles. The number of likely N-dealkylation sites (tertiary alicyclic amines) is 1. The van der Waals surface area contributed by atoms with E-state index in [1.54, 1.807) is 0 Å². The van der Waals surface area contributed by atoms with E-state index in [2.05, 4.69) is 28.1 Å². The van der Waals surface area contributed by atoms with Crippen LogP contribution in [0.4, 0.5) is 5.69 Å². The van der Waals surface area contributed by atoms with Gasteiger partial charge in [-0.25, -0.2) is 0 Å². The van der Waals surface area contributed by atoms with Crippen molar-refractivity contribution in [3.63, 3.8) is 0 Å². The van der Waals surface area contributed by atoms with Gasteiger partial charge in [0.15, 0.2) is 5.69 Å². The topological polar surface area (TPSA) is 79.1 Å². The molecule has 2 aromatic rings. The van der Waals surface area contributed by atoms with Crippen LogP contribution in [-0.4, -0.2) is 32.8 Å². The summed E-state index contributed by atoms with van der Waals surface area (Å²) in [6, 6.07) is 4.12. The Labute approximate surface area is 147 Å². The summed E-state index contributed by atoms with van der Waals surface area (Å²) in [4.78, 5) is 2.35. The molecule has 1 aliphatic rings. The Morgan fingerprint density at radius 1 is 1.21 bits per heavy atom. The van der Waals surface area contributed by atoms with E-state index in [4.69, 9.17) is 18.0 Å². The number of aromatic hydroxyl groups is 1. The van der Waals surface area contributed by atoms with Gasteiger partial charge in [-0.1, -0.05) is 6.42 Å². The molecule has 0 unspecified atom stereocenters. The number of aromatic nitrogens is 1. The van der Waals surface area contributed by atoms with Crippen molar-refractivity contribution in [2.45, 2.75) is 39.8 Å². The number of hydrogen-bond acceptors (Lipinski definition) is 4. The van der Waals surface area contributed by atoms with Crippen LogP contribution in [-0.2, 0) is 6.67 Å². The lowest BCUT2D eigenvalue weighted by atomic mass is 10.1. The quantitative estimate of drug-likeness (QED) is 0.656. The third kappa shape index (κ3) is 3.27. The van der Waals surface area contributed by atoms with Gasteiger partial charge < -0.3 is 10.8 Å². The molecule has 1 aromatic carbocycles. The van der Waals surface area contributed by atoms with E-state index < -0.39 is 0 Å². The normalized spacial score (nSPS) is 16.2. The first-order valence-electron chi connectivity index (χ1n) is 8.23. The number of azo groups is 1. The van der Waals surface area contributed by atoms with Crippen molar-refractivity contribution in [1.82, 2.24) is 9.47 Å². The SMILES string of the molecule is Cc1cc2c(N=NC(N)=S)c(O)n(CN3CCCCC3)c2cc1C. The number of nitrogens with two attached hydrogens (primary N) is 1. The van der Waals surface area contributed by atoms with Gasteiger partial charge in [0.05, 0.1) is 12.2 Å². The van der Waals surface area contributed by atoms with Crippen molar-refractivity contribution in [2.75, 3.05) is 13.1 Å². The predicted molar refractivity (Wildman–Crippen MR) is 99.8 cm³/mol.